The van der Waals surface area contributed by atoms with Gasteiger partial charge in [0.15, 0.2) is 0 Å². The lowest BCUT2D eigenvalue weighted by Crippen LogP contribution is -2.44. The standard InChI is InChI=1S/C23H34N4O2/c1-14(2)20(21-24-17-10-8-9-11-18(17)27(21)15(3)4)25-22(29)16-12-19(28)26(13-16)23(5,6)7/h8-11,14-16,20H,12-13H2,1-7H3,(H,25,29)/t16-,20+/m1/s1. The number of carbonyl (C=O) groups excluding carboxylic acids is 2. The van der Waals surface area contributed by atoms with E-state index < -0.39 is 0 Å². The first-order valence-electron chi connectivity index (χ1n) is 10.6. The summed E-state index contributed by atoms with van der Waals surface area (Å²) in [5.74, 6) is 0.713. The van der Waals surface area contributed by atoms with E-state index in [9.17, 15) is 9.59 Å². The Bertz CT molecular complexity index is 907. The van der Waals surface area contributed by atoms with Gasteiger partial charge in [0.2, 0.25) is 11.8 Å². The first kappa shape index (κ1) is 21.3. The van der Waals surface area contributed by atoms with Crippen LogP contribution in [0.5, 0.6) is 0 Å². The van der Waals surface area contributed by atoms with Gasteiger partial charge in [0, 0.05) is 24.5 Å². The monoisotopic (exact) mass is 398 g/mol. The zero-order valence-corrected chi connectivity index (χ0v) is 18.7. The molecule has 2 heterocycles. The molecule has 2 atom stereocenters. The van der Waals surface area contributed by atoms with Crippen molar-refractivity contribution in [2.24, 2.45) is 11.8 Å². The smallest absolute Gasteiger partial charge is 0.226 e. The molecule has 2 amide bonds. The van der Waals surface area contributed by atoms with Gasteiger partial charge in [0.1, 0.15) is 5.82 Å². The number of fused-ring (bicyclic) bond motifs is 1. The predicted octanol–water partition coefficient (Wildman–Crippen LogP) is 4.08. The maximum atomic E-state index is 13.1. The second-order valence-electron chi connectivity index (χ2n) is 9.73. The van der Waals surface area contributed by atoms with E-state index in [0.29, 0.717) is 6.54 Å². The number of nitrogens with zero attached hydrogens (tertiary/aromatic N) is 3. The molecule has 0 bridgehead atoms. The van der Waals surface area contributed by atoms with Gasteiger partial charge in [-0.15, -0.1) is 0 Å². The van der Waals surface area contributed by atoms with Crippen LogP contribution < -0.4 is 5.32 Å². The number of nitrogens with one attached hydrogen (secondary N) is 1. The summed E-state index contributed by atoms with van der Waals surface area (Å²) < 4.78 is 2.21. The van der Waals surface area contributed by atoms with Crippen molar-refractivity contribution in [3.05, 3.63) is 30.1 Å². The molecule has 1 fully saturated rings. The van der Waals surface area contributed by atoms with Gasteiger partial charge in [0.05, 0.1) is 23.0 Å². The Morgan fingerprint density at radius 2 is 1.83 bits per heavy atom. The second kappa shape index (κ2) is 7.81. The van der Waals surface area contributed by atoms with Crippen molar-refractivity contribution in [2.75, 3.05) is 6.54 Å². The largest absolute Gasteiger partial charge is 0.346 e. The van der Waals surface area contributed by atoms with Crippen molar-refractivity contribution >= 4 is 22.8 Å². The number of hydrogen-bond donors (Lipinski definition) is 1. The van der Waals surface area contributed by atoms with Crippen LogP contribution in [0.15, 0.2) is 24.3 Å². The van der Waals surface area contributed by atoms with Crippen molar-refractivity contribution in [1.29, 1.82) is 0 Å². The lowest BCUT2D eigenvalue weighted by Gasteiger charge is -2.32. The minimum Gasteiger partial charge on any atom is -0.346 e. The normalized spacial score (nSPS) is 18.9. The van der Waals surface area contributed by atoms with Crippen LogP contribution in [0.4, 0.5) is 0 Å². The van der Waals surface area contributed by atoms with E-state index in [0.717, 1.165) is 16.9 Å². The lowest BCUT2D eigenvalue weighted by atomic mass is 10.0. The third kappa shape index (κ3) is 4.16. The molecule has 0 saturated carbocycles. The van der Waals surface area contributed by atoms with Gasteiger partial charge in [-0.05, 0) is 52.7 Å². The topological polar surface area (TPSA) is 67.2 Å². The highest BCUT2D eigenvalue weighted by molar-refractivity contribution is 5.89. The fourth-order valence-corrected chi connectivity index (χ4v) is 4.16. The number of benzene rings is 1. The highest BCUT2D eigenvalue weighted by Crippen LogP contribution is 2.31. The number of amides is 2. The highest BCUT2D eigenvalue weighted by atomic mass is 16.2. The van der Waals surface area contributed by atoms with Gasteiger partial charge in [0.25, 0.3) is 0 Å². The third-order valence-electron chi connectivity index (χ3n) is 5.69. The highest BCUT2D eigenvalue weighted by Gasteiger charge is 2.40. The summed E-state index contributed by atoms with van der Waals surface area (Å²) in [6.07, 6.45) is 0.272. The average Bonchev–Trinajstić information content (AvgIpc) is 3.19. The van der Waals surface area contributed by atoms with Crippen LogP contribution in [0, 0.1) is 11.8 Å². The minimum absolute atomic E-state index is 0.0492. The van der Waals surface area contributed by atoms with Gasteiger partial charge in [-0.1, -0.05) is 26.0 Å². The van der Waals surface area contributed by atoms with E-state index >= 15 is 0 Å². The van der Waals surface area contributed by atoms with Gasteiger partial charge < -0.3 is 14.8 Å². The van der Waals surface area contributed by atoms with Crippen molar-refractivity contribution in [3.63, 3.8) is 0 Å². The fraction of sp³-hybridized carbons (Fsp3) is 0.609. The van der Waals surface area contributed by atoms with Crippen LogP contribution in [0.2, 0.25) is 0 Å². The molecule has 1 aromatic carbocycles. The molecule has 158 valence electrons. The first-order chi connectivity index (χ1) is 13.5. The molecule has 3 rings (SSSR count). The Hall–Kier alpha value is -2.37. The molecule has 0 aliphatic carbocycles. The maximum Gasteiger partial charge on any atom is 0.226 e. The molecule has 1 aromatic heterocycles. The Morgan fingerprint density at radius 3 is 2.38 bits per heavy atom. The van der Waals surface area contributed by atoms with Crippen molar-refractivity contribution < 1.29 is 9.59 Å². The molecule has 0 spiro atoms. The molecule has 1 aliphatic rings. The summed E-state index contributed by atoms with van der Waals surface area (Å²) in [4.78, 5) is 32.2. The average molecular weight is 399 g/mol. The van der Waals surface area contributed by atoms with E-state index in [1.54, 1.807) is 0 Å². The van der Waals surface area contributed by atoms with Crippen molar-refractivity contribution in [2.45, 2.75) is 72.5 Å². The summed E-state index contributed by atoms with van der Waals surface area (Å²) in [5.41, 5.74) is 1.74. The van der Waals surface area contributed by atoms with Crippen LogP contribution >= 0.6 is 0 Å². The zero-order valence-electron chi connectivity index (χ0n) is 18.7. The third-order valence-corrected chi connectivity index (χ3v) is 5.69. The molecule has 0 unspecified atom stereocenters. The van der Waals surface area contributed by atoms with E-state index in [2.05, 4.69) is 43.6 Å². The van der Waals surface area contributed by atoms with Crippen molar-refractivity contribution in [3.8, 4) is 0 Å². The van der Waals surface area contributed by atoms with E-state index in [4.69, 9.17) is 4.98 Å². The lowest BCUT2D eigenvalue weighted by molar-refractivity contribution is -0.132. The maximum absolute atomic E-state index is 13.1. The van der Waals surface area contributed by atoms with Crippen LogP contribution in [0.3, 0.4) is 0 Å². The number of rotatable bonds is 5. The van der Waals surface area contributed by atoms with Crippen molar-refractivity contribution in [1.82, 2.24) is 19.8 Å². The Labute approximate surface area is 173 Å². The molecule has 1 aliphatic heterocycles. The zero-order chi connectivity index (χ0) is 21.5. The first-order valence-corrected chi connectivity index (χ1v) is 10.6. The van der Waals surface area contributed by atoms with Crippen LogP contribution in [-0.2, 0) is 9.59 Å². The van der Waals surface area contributed by atoms with Crippen LogP contribution in [0.1, 0.15) is 72.8 Å². The molecule has 6 heteroatoms. The van der Waals surface area contributed by atoms with Gasteiger partial charge >= 0.3 is 0 Å². The predicted molar refractivity (Wildman–Crippen MR) is 115 cm³/mol. The quantitative estimate of drug-likeness (QED) is 0.825. The number of hydrogen-bond acceptors (Lipinski definition) is 3. The fourth-order valence-electron chi connectivity index (χ4n) is 4.16. The summed E-state index contributed by atoms with van der Waals surface area (Å²) in [6, 6.07) is 8.09. The number of imidazole rings is 1. The summed E-state index contributed by atoms with van der Waals surface area (Å²) in [7, 11) is 0. The molecular formula is C23H34N4O2. The number of likely N-dealkylation sites (tertiary alicyclic amines) is 1. The van der Waals surface area contributed by atoms with E-state index in [1.807, 2.05) is 43.9 Å². The van der Waals surface area contributed by atoms with Gasteiger partial charge in [-0.3, -0.25) is 9.59 Å². The molecule has 0 radical (unpaired) electrons. The molecule has 1 N–H and O–H groups in total. The van der Waals surface area contributed by atoms with E-state index in [-0.39, 0.29) is 47.7 Å². The summed E-state index contributed by atoms with van der Waals surface area (Å²) >= 11 is 0. The van der Waals surface area contributed by atoms with Gasteiger partial charge in [-0.25, -0.2) is 4.98 Å². The molecule has 2 aromatic rings. The van der Waals surface area contributed by atoms with E-state index in [1.165, 1.54) is 0 Å². The van der Waals surface area contributed by atoms with Gasteiger partial charge in [-0.2, -0.15) is 0 Å². The number of aromatic nitrogens is 2. The number of para-hydroxylation sites is 2. The molecule has 29 heavy (non-hydrogen) atoms. The molecule has 6 nitrogen and oxygen atoms in total. The SMILES string of the molecule is CC(C)[C@H](NC(=O)[C@@H]1CC(=O)N(C(C)(C)C)C1)c1nc2ccccc2n1C(C)C. The van der Waals surface area contributed by atoms with Crippen LogP contribution in [0.25, 0.3) is 11.0 Å². The second-order valence-corrected chi connectivity index (χ2v) is 9.73. The molecule has 1 saturated heterocycles. The van der Waals surface area contributed by atoms with Crippen LogP contribution in [-0.4, -0.2) is 38.3 Å². The minimum atomic E-state index is -0.320. The Morgan fingerprint density at radius 1 is 1.17 bits per heavy atom. The summed E-state index contributed by atoms with van der Waals surface area (Å²) in [5, 5.41) is 3.22. The number of carbonyl (C=O) groups is 2. The summed E-state index contributed by atoms with van der Waals surface area (Å²) in [6.45, 7) is 14.9. The Kier molecular flexibility index (Phi) is 5.74. The Balaban J connectivity index is 1.89. The molecular weight excluding hydrogens is 364 g/mol.